The van der Waals surface area contributed by atoms with E-state index in [-0.39, 0.29) is 0 Å². The molecule has 0 rings (SSSR count). The van der Waals surface area contributed by atoms with Gasteiger partial charge < -0.3 is 0 Å². The van der Waals surface area contributed by atoms with Crippen molar-refractivity contribution in [2.24, 2.45) is 11.8 Å². The first-order chi connectivity index (χ1) is 5.91. The van der Waals surface area contributed by atoms with Crippen LogP contribution in [0.2, 0.25) is 0 Å². The summed E-state index contributed by atoms with van der Waals surface area (Å²) in [6, 6.07) is 0. The summed E-state index contributed by atoms with van der Waals surface area (Å²) >= 11 is 5.39. The van der Waals surface area contributed by atoms with Gasteiger partial charge in [-0.25, -0.2) is 0 Å². The minimum Gasteiger partial charge on any atom is -0.0624 e. The van der Waals surface area contributed by atoms with Gasteiger partial charge in [0.05, 0.1) is 0 Å². The van der Waals surface area contributed by atoms with Gasteiger partial charge in [-0.15, -0.1) is 0 Å². The molecule has 2 unspecified atom stereocenters. The van der Waals surface area contributed by atoms with Gasteiger partial charge in [-0.05, 0) is 35.3 Å². The Balaban J connectivity index is 3.58. The Labute approximate surface area is 112 Å². The first kappa shape index (κ1) is 15.3. The lowest BCUT2D eigenvalue weighted by molar-refractivity contribution is 0.745. The quantitative estimate of drug-likeness (QED) is 0.353. The zero-order valence-electron chi connectivity index (χ0n) is 8.93. The van der Waals surface area contributed by atoms with E-state index in [0.29, 0.717) is 11.1 Å². The first-order valence-electron chi connectivity index (χ1n) is 4.73. The van der Waals surface area contributed by atoms with Crippen LogP contribution in [0.4, 0.5) is 0 Å². The van der Waals surface area contributed by atoms with Crippen LogP contribution in [0.3, 0.4) is 0 Å². The highest BCUT2D eigenvalue weighted by atomic mass is 127. The molecule has 0 spiro atoms. The van der Waals surface area contributed by atoms with E-state index >= 15 is 0 Å². The topological polar surface area (TPSA) is 0 Å². The molecule has 0 aromatic heterocycles. The van der Waals surface area contributed by atoms with E-state index in [2.05, 4.69) is 71.8 Å². The zero-order chi connectivity index (χ0) is 10.4. The van der Waals surface area contributed by atoms with Crippen molar-refractivity contribution in [2.75, 3.05) is 18.2 Å². The molecule has 0 fully saturated rings. The van der Waals surface area contributed by atoms with Gasteiger partial charge in [0.25, 0.3) is 0 Å². The monoisotopic (exact) mass is 444 g/mol. The fourth-order valence-electron chi connectivity index (χ4n) is 1.07. The molecular weight excluding hydrogens is 424 g/mol. The van der Waals surface area contributed by atoms with E-state index in [1.807, 2.05) is 0 Å². The molecule has 80 valence electrons. The van der Waals surface area contributed by atoms with E-state index in [1.54, 1.807) is 0 Å². The normalized spacial score (nSPS) is 16.6. The fraction of sp³-hybridized carbons (Fsp3) is 1.00. The second-order valence-corrected chi connectivity index (χ2v) is 16.1. The summed E-state index contributed by atoms with van der Waals surface area (Å²) < 4.78 is 0. The van der Waals surface area contributed by atoms with E-state index < -0.39 is 0 Å². The maximum atomic E-state index is 2.69. The molecule has 0 saturated heterocycles. The molecule has 0 aromatic carbocycles. The van der Waals surface area contributed by atoms with E-state index in [9.17, 15) is 0 Å². The molecule has 0 N–H and O–H groups in total. The molecule has 0 saturated carbocycles. The minimum absolute atomic E-state index is 0.301. The third-order valence-corrected chi connectivity index (χ3v) is 14.0. The Morgan fingerprint density at radius 2 is 1.15 bits per heavy atom. The Morgan fingerprint density at radius 1 is 0.846 bits per heavy atom. The molecule has 0 amide bonds. The first-order valence-corrected chi connectivity index (χ1v) is 13.7. The van der Waals surface area contributed by atoms with Crippen LogP contribution in [-0.2, 0) is 0 Å². The molecule has 0 nitrogen and oxygen atoms in total. The van der Waals surface area contributed by atoms with Gasteiger partial charge in [0.2, 0.25) is 0 Å². The maximum Gasteiger partial charge on any atom is 0.00609 e. The largest absolute Gasteiger partial charge is 0.0624 e. The van der Waals surface area contributed by atoms with Gasteiger partial charge >= 0.3 is 0 Å². The van der Waals surface area contributed by atoms with Crippen LogP contribution in [0.1, 0.15) is 27.7 Å². The third kappa shape index (κ3) is 10.6. The zero-order valence-corrected chi connectivity index (χ0v) is 15.0. The Kier molecular flexibility index (Phi) is 9.98. The predicted octanol–water partition coefficient (Wildman–Crippen LogP) is 5.92. The fourth-order valence-corrected chi connectivity index (χ4v) is 21.5. The molecule has 0 aliphatic carbocycles. The highest BCUT2D eigenvalue weighted by Gasteiger charge is 2.13. The van der Waals surface area contributed by atoms with Crippen LogP contribution in [0.15, 0.2) is 0 Å². The van der Waals surface area contributed by atoms with Gasteiger partial charge in [0.1, 0.15) is 0 Å². The smallest absolute Gasteiger partial charge is 0.00609 e. The van der Waals surface area contributed by atoms with Crippen LogP contribution in [-0.4, -0.2) is 18.2 Å². The SMILES string of the molecule is CC(C)CP(I)CP(I)CC(C)C. The molecule has 0 bridgehead atoms. The lowest BCUT2D eigenvalue weighted by Gasteiger charge is -2.18. The molecule has 13 heavy (non-hydrogen) atoms. The Morgan fingerprint density at radius 3 is 1.38 bits per heavy atom. The average Bonchev–Trinajstić information content (AvgIpc) is 1.80. The standard InChI is InChI=1S/C9H20I2P2/c1-8(2)5-12(10)7-13(11)6-9(3)4/h8-9H,5-7H2,1-4H3. The van der Waals surface area contributed by atoms with Crippen LogP contribution >= 0.6 is 55.2 Å². The molecule has 0 aromatic rings. The van der Waals surface area contributed by atoms with Gasteiger partial charge in [-0.3, -0.25) is 0 Å². The highest BCUT2D eigenvalue weighted by Crippen LogP contribution is 2.61. The summed E-state index contributed by atoms with van der Waals surface area (Å²) in [6.45, 7) is 9.36. The summed E-state index contributed by atoms with van der Waals surface area (Å²) in [4.78, 5) is 0. The summed E-state index contributed by atoms with van der Waals surface area (Å²) in [6.07, 6.45) is 2.91. The molecule has 2 atom stereocenters. The van der Waals surface area contributed by atoms with Crippen molar-refractivity contribution in [1.29, 1.82) is 0 Å². The van der Waals surface area contributed by atoms with Crippen molar-refractivity contribution in [1.82, 2.24) is 0 Å². The lowest BCUT2D eigenvalue weighted by Crippen LogP contribution is -1.95. The van der Waals surface area contributed by atoms with Crippen molar-refractivity contribution >= 4 is 55.2 Å². The molecule has 0 aliphatic rings. The Bertz CT molecular complexity index is 115. The summed E-state index contributed by atoms with van der Waals surface area (Å²) in [5.41, 5.74) is 0.603. The molecule has 4 heteroatoms. The van der Waals surface area contributed by atoms with Crippen LogP contribution in [0.5, 0.6) is 0 Å². The van der Waals surface area contributed by atoms with Crippen molar-refractivity contribution in [2.45, 2.75) is 27.7 Å². The average molecular weight is 444 g/mol. The summed E-state index contributed by atoms with van der Waals surface area (Å²) in [5, 5.41) is 0. The molecule has 0 heterocycles. The van der Waals surface area contributed by atoms with Crippen LogP contribution in [0, 0.1) is 11.8 Å². The minimum atomic E-state index is 0.301. The van der Waals surface area contributed by atoms with Gasteiger partial charge in [-0.1, -0.05) is 71.8 Å². The van der Waals surface area contributed by atoms with Gasteiger partial charge in [-0.2, -0.15) is 0 Å². The van der Waals surface area contributed by atoms with Crippen molar-refractivity contribution in [3.8, 4) is 0 Å². The molecular formula is C9H20I2P2. The van der Waals surface area contributed by atoms with E-state index in [1.165, 1.54) is 18.2 Å². The van der Waals surface area contributed by atoms with Crippen molar-refractivity contribution < 1.29 is 0 Å². The second-order valence-electron chi connectivity index (χ2n) is 4.22. The van der Waals surface area contributed by atoms with Crippen molar-refractivity contribution in [3.63, 3.8) is 0 Å². The number of hydrogen-bond donors (Lipinski definition) is 0. The van der Waals surface area contributed by atoms with Crippen LogP contribution < -0.4 is 0 Å². The number of halogens is 2. The Hall–Kier alpha value is 2.32. The molecule has 0 radical (unpaired) electrons. The van der Waals surface area contributed by atoms with Crippen molar-refractivity contribution in [3.05, 3.63) is 0 Å². The van der Waals surface area contributed by atoms with Gasteiger partial charge in [0, 0.05) is 5.90 Å². The maximum absolute atomic E-state index is 2.69. The number of hydrogen-bond acceptors (Lipinski definition) is 0. The van der Waals surface area contributed by atoms with Gasteiger partial charge in [0.15, 0.2) is 0 Å². The summed E-state index contributed by atoms with van der Waals surface area (Å²) in [5.74, 6) is 3.30. The summed E-state index contributed by atoms with van der Waals surface area (Å²) in [7, 11) is 0. The third-order valence-electron chi connectivity index (χ3n) is 1.43. The molecule has 0 aliphatic heterocycles. The highest BCUT2D eigenvalue weighted by molar-refractivity contribution is 14.2. The van der Waals surface area contributed by atoms with E-state index in [0.717, 1.165) is 11.8 Å². The number of rotatable bonds is 6. The second kappa shape index (κ2) is 8.47. The predicted molar refractivity (Wildman–Crippen MR) is 86.2 cm³/mol. The van der Waals surface area contributed by atoms with E-state index in [4.69, 9.17) is 0 Å². The van der Waals surface area contributed by atoms with Crippen LogP contribution in [0.25, 0.3) is 0 Å². The lowest BCUT2D eigenvalue weighted by atomic mass is 10.3.